The molecule has 1 saturated carbocycles. The standard InChI is InChI=1S/C15H24N4S/c1-18-12-4-5-13(18)10-19(7-6-12)15-17-9-14(20-15)8-16-11-2-3-11/h9,11-13,16H,2-8,10H2,1H3. The summed E-state index contributed by atoms with van der Waals surface area (Å²) in [5.74, 6) is 0. The molecule has 3 aliphatic rings. The highest BCUT2D eigenvalue weighted by molar-refractivity contribution is 7.15. The first kappa shape index (κ1) is 13.0. The van der Waals surface area contributed by atoms with Gasteiger partial charge in [-0.25, -0.2) is 4.98 Å². The molecule has 1 aliphatic carbocycles. The van der Waals surface area contributed by atoms with Crippen molar-refractivity contribution in [2.24, 2.45) is 0 Å². The average molecular weight is 292 g/mol. The largest absolute Gasteiger partial charge is 0.346 e. The molecule has 4 nitrogen and oxygen atoms in total. The molecule has 3 heterocycles. The molecule has 1 aromatic rings. The normalized spacial score (nSPS) is 30.8. The predicted molar refractivity (Wildman–Crippen MR) is 83.4 cm³/mol. The van der Waals surface area contributed by atoms with E-state index in [1.807, 2.05) is 11.3 Å². The van der Waals surface area contributed by atoms with Crippen LogP contribution in [-0.4, -0.2) is 48.1 Å². The van der Waals surface area contributed by atoms with E-state index in [0.29, 0.717) is 0 Å². The van der Waals surface area contributed by atoms with Crippen LogP contribution in [0.25, 0.3) is 0 Å². The number of aromatic nitrogens is 1. The van der Waals surface area contributed by atoms with Crippen LogP contribution in [0, 0.1) is 0 Å². The van der Waals surface area contributed by atoms with E-state index in [4.69, 9.17) is 0 Å². The number of hydrogen-bond acceptors (Lipinski definition) is 5. The summed E-state index contributed by atoms with van der Waals surface area (Å²) in [6.07, 6.45) is 8.83. The van der Waals surface area contributed by atoms with Gasteiger partial charge in [0.25, 0.3) is 0 Å². The fraction of sp³-hybridized carbons (Fsp3) is 0.800. The van der Waals surface area contributed by atoms with Gasteiger partial charge in [0.2, 0.25) is 0 Å². The van der Waals surface area contributed by atoms with Gasteiger partial charge in [-0.3, -0.25) is 4.90 Å². The molecule has 2 aliphatic heterocycles. The summed E-state index contributed by atoms with van der Waals surface area (Å²) >= 11 is 1.88. The molecule has 0 spiro atoms. The van der Waals surface area contributed by atoms with Crippen LogP contribution in [0.3, 0.4) is 0 Å². The fourth-order valence-electron chi connectivity index (χ4n) is 3.54. The quantitative estimate of drug-likeness (QED) is 0.920. The predicted octanol–water partition coefficient (Wildman–Crippen LogP) is 2.07. The molecule has 4 rings (SSSR count). The van der Waals surface area contributed by atoms with Gasteiger partial charge in [0.1, 0.15) is 0 Å². The van der Waals surface area contributed by atoms with Crippen molar-refractivity contribution >= 4 is 16.5 Å². The minimum Gasteiger partial charge on any atom is -0.346 e. The zero-order chi connectivity index (χ0) is 13.5. The number of likely N-dealkylation sites (N-methyl/N-ethyl adjacent to an activating group) is 1. The van der Waals surface area contributed by atoms with Gasteiger partial charge < -0.3 is 10.2 Å². The summed E-state index contributed by atoms with van der Waals surface area (Å²) in [5.41, 5.74) is 0. The Balaban J connectivity index is 1.41. The molecule has 5 heteroatoms. The average Bonchev–Trinajstić information content (AvgIpc) is 3.07. The topological polar surface area (TPSA) is 31.4 Å². The number of thiazole rings is 1. The highest BCUT2D eigenvalue weighted by atomic mass is 32.1. The molecule has 0 amide bonds. The SMILES string of the molecule is CN1C2CCC1CN(c1ncc(CNC3CC3)s1)CC2. The van der Waals surface area contributed by atoms with Crippen LogP contribution in [0.4, 0.5) is 5.13 Å². The second kappa shape index (κ2) is 5.28. The van der Waals surface area contributed by atoms with E-state index in [9.17, 15) is 0 Å². The minimum atomic E-state index is 0.736. The molecule has 1 aromatic heterocycles. The third-order valence-electron chi connectivity index (χ3n) is 5.10. The Labute approximate surface area is 125 Å². The van der Waals surface area contributed by atoms with Gasteiger partial charge >= 0.3 is 0 Å². The van der Waals surface area contributed by atoms with Crippen LogP contribution in [0.5, 0.6) is 0 Å². The molecule has 20 heavy (non-hydrogen) atoms. The number of rotatable bonds is 4. The lowest BCUT2D eigenvalue weighted by molar-refractivity contribution is 0.254. The molecule has 2 atom stereocenters. The molecule has 3 fully saturated rings. The maximum absolute atomic E-state index is 4.67. The fourth-order valence-corrected chi connectivity index (χ4v) is 4.44. The van der Waals surface area contributed by atoms with Crippen LogP contribution in [0.2, 0.25) is 0 Å². The highest BCUT2D eigenvalue weighted by Gasteiger charge is 2.35. The Morgan fingerprint density at radius 1 is 1.25 bits per heavy atom. The molecule has 2 bridgehead atoms. The van der Waals surface area contributed by atoms with Gasteiger partial charge in [0.05, 0.1) is 0 Å². The second-order valence-electron chi connectivity index (χ2n) is 6.55. The van der Waals surface area contributed by atoms with Crippen LogP contribution < -0.4 is 10.2 Å². The lowest BCUT2D eigenvalue weighted by Crippen LogP contribution is -2.36. The van der Waals surface area contributed by atoms with Gasteiger partial charge in [-0.1, -0.05) is 0 Å². The Bertz CT molecular complexity index is 470. The smallest absolute Gasteiger partial charge is 0.185 e. The molecule has 0 radical (unpaired) electrons. The molecule has 110 valence electrons. The zero-order valence-electron chi connectivity index (χ0n) is 12.2. The van der Waals surface area contributed by atoms with Crippen molar-refractivity contribution in [3.8, 4) is 0 Å². The van der Waals surface area contributed by atoms with Gasteiger partial charge in [-0.15, -0.1) is 11.3 Å². The zero-order valence-corrected chi connectivity index (χ0v) is 13.0. The molecular formula is C15H24N4S. The summed E-state index contributed by atoms with van der Waals surface area (Å²) in [6, 6.07) is 2.32. The van der Waals surface area contributed by atoms with E-state index < -0.39 is 0 Å². The minimum absolute atomic E-state index is 0.736. The van der Waals surface area contributed by atoms with Crippen molar-refractivity contribution in [2.45, 2.75) is 56.8 Å². The first-order chi connectivity index (χ1) is 9.79. The van der Waals surface area contributed by atoms with E-state index in [1.165, 1.54) is 48.7 Å². The van der Waals surface area contributed by atoms with Gasteiger partial charge in [-0.2, -0.15) is 0 Å². The number of nitrogens with one attached hydrogen (secondary N) is 1. The molecule has 1 N–H and O–H groups in total. The van der Waals surface area contributed by atoms with Crippen molar-refractivity contribution in [1.29, 1.82) is 0 Å². The van der Waals surface area contributed by atoms with Crippen molar-refractivity contribution < 1.29 is 0 Å². The summed E-state index contributed by atoms with van der Waals surface area (Å²) < 4.78 is 0. The first-order valence-electron chi connectivity index (χ1n) is 7.94. The summed E-state index contributed by atoms with van der Waals surface area (Å²) in [6.45, 7) is 3.34. The third-order valence-corrected chi connectivity index (χ3v) is 6.16. The maximum Gasteiger partial charge on any atom is 0.185 e. The second-order valence-corrected chi connectivity index (χ2v) is 7.64. The van der Waals surface area contributed by atoms with Gasteiger partial charge in [0, 0.05) is 48.8 Å². The van der Waals surface area contributed by atoms with Crippen LogP contribution in [-0.2, 0) is 6.54 Å². The Kier molecular flexibility index (Phi) is 3.44. The van der Waals surface area contributed by atoms with Gasteiger partial charge in [-0.05, 0) is 39.2 Å². The monoisotopic (exact) mass is 292 g/mol. The third kappa shape index (κ3) is 2.59. The number of anilines is 1. The van der Waals surface area contributed by atoms with Crippen molar-refractivity contribution in [3.63, 3.8) is 0 Å². The highest BCUT2D eigenvalue weighted by Crippen LogP contribution is 2.32. The molecular weight excluding hydrogens is 268 g/mol. The Morgan fingerprint density at radius 2 is 2.10 bits per heavy atom. The lowest BCUT2D eigenvalue weighted by atomic mass is 10.1. The van der Waals surface area contributed by atoms with Crippen molar-refractivity contribution in [3.05, 3.63) is 11.1 Å². The first-order valence-corrected chi connectivity index (χ1v) is 8.76. The van der Waals surface area contributed by atoms with Crippen molar-refractivity contribution in [2.75, 3.05) is 25.0 Å². The maximum atomic E-state index is 4.67. The van der Waals surface area contributed by atoms with E-state index in [-0.39, 0.29) is 0 Å². The van der Waals surface area contributed by atoms with E-state index in [1.54, 1.807) is 0 Å². The number of nitrogens with zero attached hydrogens (tertiary/aromatic N) is 3. The summed E-state index contributed by atoms with van der Waals surface area (Å²) in [4.78, 5) is 11.2. The van der Waals surface area contributed by atoms with E-state index >= 15 is 0 Å². The van der Waals surface area contributed by atoms with E-state index in [0.717, 1.165) is 31.2 Å². The lowest BCUT2D eigenvalue weighted by Gasteiger charge is -2.25. The summed E-state index contributed by atoms with van der Waals surface area (Å²) in [7, 11) is 2.30. The van der Waals surface area contributed by atoms with E-state index in [2.05, 4.69) is 33.3 Å². The van der Waals surface area contributed by atoms with Gasteiger partial charge in [0.15, 0.2) is 5.13 Å². The molecule has 0 aromatic carbocycles. The van der Waals surface area contributed by atoms with Crippen LogP contribution in [0.1, 0.15) is 37.0 Å². The summed E-state index contributed by atoms with van der Waals surface area (Å²) in [5, 5.41) is 4.81. The van der Waals surface area contributed by atoms with Crippen LogP contribution in [0.15, 0.2) is 6.20 Å². The molecule has 2 unspecified atom stereocenters. The Morgan fingerprint density at radius 3 is 2.95 bits per heavy atom. The van der Waals surface area contributed by atoms with Crippen molar-refractivity contribution in [1.82, 2.24) is 15.2 Å². The van der Waals surface area contributed by atoms with Crippen LogP contribution >= 0.6 is 11.3 Å². The molecule has 2 saturated heterocycles. The Hall–Kier alpha value is -0.650. The number of hydrogen-bond donors (Lipinski definition) is 1. The number of fused-ring (bicyclic) bond motifs is 2.